The number of rotatable bonds is 1. The van der Waals surface area contributed by atoms with Crippen molar-refractivity contribution >= 4 is 5.82 Å². The van der Waals surface area contributed by atoms with Gasteiger partial charge in [0, 0.05) is 19.3 Å². The van der Waals surface area contributed by atoms with Crippen molar-refractivity contribution in [1.29, 1.82) is 0 Å². The van der Waals surface area contributed by atoms with Gasteiger partial charge >= 0.3 is 0 Å². The summed E-state index contributed by atoms with van der Waals surface area (Å²) in [6, 6.07) is 6.07. The molecule has 0 aromatic carbocycles. The highest BCUT2D eigenvalue weighted by molar-refractivity contribution is 5.38. The minimum atomic E-state index is 1.13. The maximum atomic E-state index is 4.29. The number of anilines is 1. The molecule has 2 nitrogen and oxygen atoms in total. The van der Waals surface area contributed by atoms with E-state index in [1.54, 1.807) is 0 Å². The van der Waals surface area contributed by atoms with Gasteiger partial charge in [-0.3, -0.25) is 0 Å². The molecule has 13 heavy (non-hydrogen) atoms. The molecule has 0 amide bonds. The molecule has 1 aliphatic heterocycles. The van der Waals surface area contributed by atoms with Crippen molar-refractivity contribution in [2.75, 3.05) is 18.0 Å². The van der Waals surface area contributed by atoms with Crippen LogP contribution in [0.5, 0.6) is 0 Å². The molecule has 2 heterocycles. The van der Waals surface area contributed by atoms with Crippen LogP contribution in [0.2, 0.25) is 0 Å². The Kier molecular flexibility index (Phi) is 4.30. The molecule has 0 aliphatic carbocycles. The third kappa shape index (κ3) is 2.72. The summed E-state index contributed by atoms with van der Waals surface area (Å²) in [4.78, 5) is 6.62. The molecule has 0 bridgehead atoms. The fourth-order valence-corrected chi connectivity index (χ4v) is 1.49. The van der Waals surface area contributed by atoms with Crippen LogP contribution in [0.25, 0.3) is 0 Å². The summed E-state index contributed by atoms with van der Waals surface area (Å²) in [5, 5.41) is 0. The first-order valence-electron chi connectivity index (χ1n) is 5.13. The van der Waals surface area contributed by atoms with E-state index in [4.69, 9.17) is 0 Å². The molecule has 0 atom stereocenters. The molecule has 2 rings (SSSR count). The zero-order valence-electron chi connectivity index (χ0n) is 8.53. The van der Waals surface area contributed by atoms with E-state index in [0.717, 1.165) is 5.82 Å². The van der Waals surface area contributed by atoms with Crippen LogP contribution >= 0.6 is 0 Å². The molecular weight excluding hydrogens is 160 g/mol. The fourth-order valence-electron chi connectivity index (χ4n) is 1.49. The minimum absolute atomic E-state index is 1.13. The van der Waals surface area contributed by atoms with Gasteiger partial charge in [0.15, 0.2) is 0 Å². The van der Waals surface area contributed by atoms with Gasteiger partial charge in [-0.1, -0.05) is 19.9 Å². The van der Waals surface area contributed by atoms with Crippen LogP contribution in [0, 0.1) is 0 Å². The van der Waals surface area contributed by atoms with Crippen molar-refractivity contribution in [3.05, 3.63) is 24.4 Å². The van der Waals surface area contributed by atoms with E-state index in [9.17, 15) is 0 Å². The van der Waals surface area contributed by atoms with Gasteiger partial charge in [0.1, 0.15) is 5.82 Å². The summed E-state index contributed by atoms with van der Waals surface area (Å²) in [6.07, 6.45) is 4.49. The van der Waals surface area contributed by atoms with E-state index in [0.29, 0.717) is 0 Å². The Morgan fingerprint density at radius 2 is 1.85 bits per heavy atom. The molecule has 0 spiro atoms. The van der Waals surface area contributed by atoms with Crippen LogP contribution in [0.4, 0.5) is 5.82 Å². The molecule has 0 radical (unpaired) electrons. The average molecular weight is 178 g/mol. The molecule has 2 heteroatoms. The van der Waals surface area contributed by atoms with Crippen molar-refractivity contribution < 1.29 is 0 Å². The first-order chi connectivity index (χ1) is 6.47. The van der Waals surface area contributed by atoms with Gasteiger partial charge in [0.2, 0.25) is 0 Å². The summed E-state index contributed by atoms with van der Waals surface area (Å²) >= 11 is 0. The van der Waals surface area contributed by atoms with Gasteiger partial charge in [-0.15, -0.1) is 0 Å². The van der Waals surface area contributed by atoms with Crippen molar-refractivity contribution in [1.82, 2.24) is 4.98 Å². The SMILES string of the molecule is CC.c1ccc(N2CCCC2)nc1. The lowest BCUT2D eigenvalue weighted by molar-refractivity contribution is 0.938. The number of nitrogens with zero attached hydrogens (tertiary/aromatic N) is 2. The molecule has 0 unspecified atom stereocenters. The van der Waals surface area contributed by atoms with Crippen molar-refractivity contribution in [3.8, 4) is 0 Å². The van der Waals surface area contributed by atoms with Gasteiger partial charge in [0.25, 0.3) is 0 Å². The largest absolute Gasteiger partial charge is 0.357 e. The Hall–Kier alpha value is -1.05. The van der Waals surface area contributed by atoms with Crippen molar-refractivity contribution in [2.45, 2.75) is 26.7 Å². The van der Waals surface area contributed by atoms with E-state index in [1.807, 2.05) is 32.2 Å². The van der Waals surface area contributed by atoms with E-state index in [1.165, 1.54) is 25.9 Å². The van der Waals surface area contributed by atoms with Gasteiger partial charge in [0.05, 0.1) is 0 Å². The molecule has 72 valence electrons. The predicted octanol–water partition coefficient (Wildman–Crippen LogP) is 2.71. The van der Waals surface area contributed by atoms with Gasteiger partial charge in [-0.05, 0) is 25.0 Å². The number of hydrogen-bond donors (Lipinski definition) is 0. The van der Waals surface area contributed by atoms with Crippen LogP contribution in [-0.4, -0.2) is 18.1 Å². The monoisotopic (exact) mass is 178 g/mol. The third-order valence-corrected chi connectivity index (χ3v) is 2.08. The lowest BCUT2D eigenvalue weighted by Gasteiger charge is -2.14. The Morgan fingerprint density at radius 3 is 2.38 bits per heavy atom. The van der Waals surface area contributed by atoms with Crippen LogP contribution < -0.4 is 4.90 Å². The van der Waals surface area contributed by atoms with Crippen LogP contribution in [-0.2, 0) is 0 Å². The van der Waals surface area contributed by atoms with E-state index in [-0.39, 0.29) is 0 Å². The van der Waals surface area contributed by atoms with E-state index >= 15 is 0 Å². The Balaban J connectivity index is 0.000000396. The highest BCUT2D eigenvalue weighted by Gasteiger charge is 2.11. The maximum absolute atomic E-state index is 4.29. The summed E-state index contributed by atoms with van der Waals surface area (Å²) in [5.74, 6) is 1.13. The molecule has 1 fully saturated rings. The normalized spacial score (nSPS) is 15.1. The van der Waals surface area contributed by atoms with Crippen molar-refractivity contribution in [2.24, 2.45) is 0 Å². The molecule has 1 aromatic heterocycles. The number of hydrogen-bond acceptors (Lipinski definition) is 2. The molecule has 1 aromatic rings. The first kappa shape index (κ1) is 10.0. The predicted molar refractivity (Wildman–Crippen MR) is 57.0 cm³/mol. The second kappa shape index (κ2) is 5.57. The maximum Gasteiger partial charge on any atom is 0.128 e. The smallest absolute Gasteiger partial charge is 0.128 e. The van der Waals surface area contributed by atoms with Crippen LogP contribution in [0.3, 0.4) is 0 Å². The topological polar surface area (TPSA) is 16.1 Å². The summed E-state index contributed by atoms with van der Waals surface area (Å²) in [6.45, 7) is 6.36. The van der Waals surface area contributed by atoms with Gasteiger partial charge < -0.3 is 4.90 Å². The summed E-state index contributed by atoms with van der Waals surface area (Å²) < 4.78 is 0. The quantitative estimate of drug-likeness (QED) is 0.657. The Morgan fingerprint density at radius 1 is 1.15 bits per heavy atom. The zero-order chi connectivity index (χ0) is 9.52. The first-order valence-corrected chi connectivity index (χ1v) is 5.13. The zero-order valence-corrected chi connectivity index (χ0v) is 8.53. The Labute approximate surface area is 80.6 Å². The second-order valence-electron chi connectivity index (χ2n) is 2.88. The van der Waals surface area contributed by atoms with Crippen molar-refractivity contribution in [3.63, 3.8) is 0 Å². The highest BCUT2D eigenvalue weighted by Crippen LogP contribution is 2.15. The second-order valence-corrected chi connectivity index (χ2v) is 2.88. The Bertz CT molecular complexity index is 215. The summed E-state index contributed by atoms with van der Waals surface area (Å²) in [7, 11) is 0. The fraction of sp³-hybridized carbons (Fsp3) is 0.545. The highest BCUT2D eigenvalue weighted by atomic mass is 15.2. The van der Waals surface area contributed by atoms with Crippen LogP contribution in [0.1, 0.15) is 26.7 Å². The van der Waals surface area contributed by atoms with Gasteiger partial charge in [-0.2, -0.15) is 0 Å². The third-order valence-electron chi connectivity index (χ3n) is 2.08. The van der Waals surface area contributed by atoms with E-state index < -0.39 is 0 Å². The molecule has 1 aliphatic rings. The molecule has 0 saturated carbocycles. The number of pyridine rings is 1. The standard InChI is InChI=1S/C9H12N2.C2H6/c1-2-6-10-9(5-1)11-7-3-4-8-11;1-2/h1-2,5-6H,3-4,7-8H2;1-2H3. The van der Waals surface area contributed by atoms with Crippen LogP contribution in [0.15, 0.2) is 24.4 Å². The minimum Gasteiger partial charge on any atom is -0.357 e. The molecular formula is C11H18N2. The molecule has 1 saturated heterocycles. The number of aromatic nitrogens is 1. The summed E-state index contributed by atoms with van der Waals surface area (Å²) in [5.41, 5.74) is 0. The van der Waals surface area contributed by atoms with E-state index in [2.05, 4.69) is 16.0 Å². The lowest BCUT2D eigenvalue weighted by atomic mass is 10.4. The van der Waals surface area contributed by atoms with Gasteiger partial charge in [-0.25, -0.2) is 4.98 Å². The average Bonchev–Trinajstić information content (AvgIpc) is 2.75. The molecule has 0 N–H and O–H groups in total. The lowest BCUT2D eigenvalue weighted by Crippen LogP contribution is -2.18.